The molecule has 6 nitrogen and oxygen atoms in total. The second kappa shape index (κ2) is 7.07. The first-order valence-corrected chi connectivity index (χ1v) is 8.25. The number of ether oxygens (including phenoxy) is 4. The van der Waals surface area contributed by atoms with E-state index in [1.54, 1.807) is 13.8 Å². The quantitative estimate of drug-likeness (QED) is 0.403. The van der Waals surface area contributed by atoms with E-state index in [-0.39, 0.29) is 11.1 Å². The number of carbonyl (C=O) groups excluding carboxylic acids is 2. The normalized spacial score (nSPS) is 22.4. The van der Waals surface area contributed by atoms with Crippen molar-refractivity contribution in [2.24, 2.45) is 5.41 Å². The summed E-state index contributed by atoms with van der Waals surface area (Å²) >= 11 is 0. The molecule has 2 heterocycles. The zero-order valence-electron chi connectivity index (χ0n) is 14.7. The summed E-state index contributed by atoms with van der Waals surface area (Å²) < 4.78 is 22.7. The van der Waals surface area contributed by atoms with Crippen LogP contribution in [0.3, 0.4) is 0 Å². The van der Waals surface area contributed by atoms with Crippen molar-refractivity contribution in [1.29, 1.82) is 0 Å². The third-order valence-electron chi connectivity index (χ3n) is 4.71. The molecule has 2 saturated heterocycles. The summed E-state index contributed by atoms with van der Waals surface area (Å²) in [5, 5.41) is 0. The maximum absolute atomic E-state index is 12.3. The van der Waals surface area contributed by atoms with E-state index in [4.69, 9.17) is 18.9 Å². The zero-order chi connectivity index (χ0) is 18.0. The van der Waals surface area contributed by atoms with Crippen LogP contribution in [0.25, 0.3) is 0 Å². The van der Waals surface area contributed by atoms with Gasteiger partial charge in [-0.1, -0.05) is 20.1 Å². The summed E-state index contributed by atoms with van der Waals surface area (Å²) in [5.74, 6) is -2.76. The lowest BCUT2D eigenvalue weighted by Gasteiger charge is -2.54. The molecule has 0 N–H and O–H groups in total. The van der Waals surface area contributed by atoms with Gasteiger partial charge in [-0.3, -0.25) is 0 Å². The molecule has 6 heteroatoms. The molecule has 0 spiro atoms. The predicted octanol–water partition coefficient (Wildman–Crippen LogP) is 2.53. The van der Waals surface area contributed by atoms with Gasteiger partial charge in [-0.25, -0.2) is 9.59 Å². The molecule has 0 aliphatic carbocycles. The zero-order valence-corrected chi connectivity index (χ0v) is 14.7. The number of esters is 2. The van der Waals surface area contributed by atoms with E-state index in [1.807, 2.05) is 6.92 Å². The highest BCUT2D eigenvalue weighted by atomic mass is 16.8. The molecule has 0 radical (unpaired) electrons. The van der Waals surface area contributed by atoms with Crippen molar-refractivity contribution in [3.8, 4) is 0 Å². The van der Waals surface area contributed by atoms with Crippen molar-refractivity contribution in [2.45, 2.75) is 51.9 Å². The molecule has 2 aliphatic heterocycles. The lowest BCUT2D eigenvalue weighted by Crippen LogP contribution is -2.68. The van der Waals surface area contributed by atoms with Crippen molar-refractivity contribution in [3.05, 3.63) is 24.3 Å². The predicted molar refractivity (Wildman–Crippen MR) is 87.1 cm³/mol. The van der Waals surface area contributed by atoms with Gasteiger partial charge in [0.15, 0.2) is 0 Å². The molecule has 2 aliphatic rings. The highest BCUT2D eigenvalue weighted by Gasteiger charge is 2.66. The van der Waals surface area contributed by atoms with E-state index in [1.165, 1.54) is 0 Å². The highest BCUT2D eigenvalue weighted by Crippen LogP contribution is 2.50. The molecule has 0 aromatic rings. The van der Waals surface area contributed by atoms with Gasteiger partial charge in [0.2, 0.25) is 0 Å². The standard InChI is InChI=1S/C18H26O6/c1-6-17(10-21-11-17)18(14-8-7-9-22-14,23-15(19)12(2)3)24-16(20)13(4)5/h14H,2,4,6-11H2,1,3,5H3. The average molecular weight is 338 g/mol. The van der Waals surface area contributed by atoms with Crippen molar-refractivity contribution >= 4 is 11.9 Å². The maximum Gasteiger partial charge on any atom is 0.336 e. The molecule has 2 rings (SSSR count). The van der Waals surface area contributed by atoms with Crippen LogP contribution < -0.4 is 0 Å². The Balaban J connectivity index is 2.48. The second-order valence-electron chi connectivity index (χ2n) is 6.64. The number of hydrogen-bond acceptors (Lipinski definition) is 6. The minimum Gasteiger partial charge on any atom is -0.415 e. The fraction of sp³-hybridized carbons (Fsp3) is 0.667. The van der Waals surface area contributed by atoms with Crippen LogP contribution in [-0.2, 0) is 28.5 Å². The minimum atomic E-state index is -1.54. The van der Waals surface area contributed by atoms with Gasteiger partial charge < -0.3 is 18.9 Å². The minimum absolute atomic E-state index is 0.232. The van der Waals surface area contributed by atoms with Gasteiger partial charge in [-0.15, -0.1) is 0 Å². The van der Waals surface area contributed by atoms with Crippen LogP contribution in [-0.4, -0.2) is 43.7 Å². The van der Waals surface area contributed by atoms with E-state index >= 15 is 0 Å². The SMILES string of the molecule is C=C(C)C(=O)OC(OC(=O)C(=C)C)(C1CCCO1)C1(CC)COC1. The first kappa shape index (κ1) is 18.7. The maximum atomic E-state index is 12.3. The lowest BCUT2D eigenvalue weighted by molar-refractivity contribution is -0.351. The summed E-state index contributed by atoms with van der Waals surface area (Å²) in [6, 6.07) is 0. The van der Waals surface area contributed by atoms with Crippen LogP contribution in [0.15, 0.2) is 24.3 Å². The lowest BCUT2D eigenvalue weighted by atomic mass is 9.71. The smallest absolute Gasteiger partial charge is 0.336 e. The van der Waals surface area contributed by atoms with Gasteiger partial charge in [-0.05, 0) is 33.1 Å². The van der Waals surface area contributed by atoms with Gasteiger partial charge in [0.1, 0.15) is 6.10 Å². The summed E-state index contributed by atoms with van der Waals surface area (Å²) in [6.45, 7) is 13.5. The average Bonchev–Trinajstić information content (AvgIpc) is 3.00. The van der Waals surface area contributed by atoms with Crippen LogP contribution in [0, 0.1) is 5.41 Å². The molecule has 0 saturated carbocycles. The van der Waals surface area contributed by atoms with Gasteiger partial charge in [0, 0.05) is 17.8 Å². The number of rotatable bonds is 7. The van der Waals surface area contributed by atoms with Crippen LogP contribution in [0.4, 0.5) is 0 Å². The molecule has 0 aromatic heterocycles. The molecule has 1 atom stereocenters. The largest absolute Gasteiger partial charge is 0.415 e. The van der Waals surface area contributed by atoms with Gasteiger partial charge in [-0.2, -0.15) is 0 Å². The van der Waals surface area contributed by atoms with Gasteiger partial charge in [0.25, 0.3) is 5.79 Å². The van der Waals surface area contributed by atoms with Gasteiger partial charge >= 0.3 is 11.9 Å². The first-order chi connectivity index (χ1) is 11.3. The Morgan fingerprint density at radius 2 is 1.71 bits per heavy atom. The van der Waals surface area contributed by atoms with Crippen molar-refractivity contribution in [2.75, 3.05) is 19.8 Å². The highest BCUT2D eigenvalue weighted by molar-refractivity contribution is 5.89. The van der Waals surface area contributed by atoms with E-state index in [0.717, 1.165) is 6.42 Å². The molecule has 2 fully saturated rings. The van der Waals surface area contributed by atoms with Crippen molar-refractivity contribution in [1.82, 2.24) is 0 Å². The van der Waals surface area contributed by atoms with Crippen LogP contribution in [0.2, 0.25) is 0 Å². The van der Waals surface area contributed by atoms with Crippen molar-refractivity contribution < 1.29 is 28.5 Å². The Morgan fingerprint density at radius 3 is 2.00 bits per heavy atom. The molecule has 0 aromatic carbocycles. The van der Waals surface area contributed by atoms with E-state index < -0.39 is 29.2 Å². The van der Waals surface area contributed by atoms with E-state index in [9.17, 15) is 9.59 Å². The molecule has 134 valence electrons. The molecule has 24 heavy (non-hydrogen) atoms. The van der Waals surface area contributed by atoms with E-state index in [0.29, 0.717) is 32.7 Å². The Bertz CT molecular complexity index is 506. The fourth-order valence-corrected chi connectivity index (χ4v) is 3.04. The number of carbonyl (C=O) groups is 2. The molecule has 0 amide bonds. The third kappa shape index (κ3) is 3.13. The summed E-state index contributed by atoms with van der Waals surface area (Å²) in [7, 11) is 0. The molecule has 0 bridgehead atoms. The van der Waals surface area contributed by atoms with Crippen LogP contribution in [0.5, 0.6) is 0 Å². The molecular formula is C18H26O6. The van der Waals surface area contributed by atoms with Crippen LogP contribution >= 0.6 is 0 Å². The number of hydrogen-bond donors (Lipinski definition) is 0. The molecular weight excluding hydrogens is 312 g/mol. The Labute approximate surface area is 142 Å². The van der Waals surface area contributed by atoms with E-state index in [2.05, 4.69) is 13.2 Å². The Morgan fingerprint density at radius 1 is 1.17 bits per heavy atom. The fourth-order valence-electron chi connectivity index (χ4n) is 3.04. The van der Waals surface area contributed by atoms with Crippen LogP contribution in [0.1, 0.15) is 40.0 Å². The second-order valence-corrected chi connectivity index (χ2v) is 6.64. The topological polar surface area (TPSA) is 71.1 Å². The Hall–Kier alpha value is -1.66. The summed E-state index contributed by atoms with van der Waals surface area (Å²) in [6.07, 6.45) is 1.52. The Kier molecular flexibility index (Phi) is 5.50. The molecule has 1 unspecified atom stereocenters. The summed E-state index contributed by atoms with van der Waals surface area (Å²) in [4.78, 5) is 24.7. The first-order valence-electron chi connectivity index (χ1n) is 8.25. The van der Waals surface area contributed by atoms with Gasteiger partial charge in [0.05, 0.1) is 18.6 Å². The monoisotopic (exact) mass is 338 g/mol. The van der Waals surface area contributed by atoms with Crippen molar-refractivity contribution in [3.63, 3.8) is 0 Å². The summed E-state index contributed by atoms with van der Waals surface area (Å²) in [5.41, 5.74) is -0.177. The third-order valence-corrected chi connectivity index (χ3v) is 4.71.